The molecule has 0 spiro atoms. The molecule has 0 saturated carbocycles. The molecule has 0 aromatic carbocycles. The lowest BCUT2D eigenvalue weighted by Crippen LogP contribution is -2.46. The Kier molecular flexibility index (Phi) is 11.0. The van der Waals surface area contributed by atoms with E-state index in [4.69, 9.17) is 10.5 Å². The van der Waals surface area contributed by atoms with Crippen LogP contribution >= 0.6 is 0 Å². The number of amides is 1. The van der Waals surface area contributed by atoms with Gasteiger partial charge in [0.25, 0.3) is 0 Å². The Morgan fingerprint density at radius 1 is 1.46 bits per heavy atom. The molecular weight excluding hydrogens is 384 g/mol. The van der Waals surface area contributed by atoms with Crippen LogP contribution in [-0.2, 0) is 19.6 Å². The highest BCUT2D eigenvalue weighted by Gasteiger charge is 2.32. The molecule has 3 N–H and O–H groups in total. The van der Waals surface area contributed by atoms with Crippen LogP contribution in [0.4, 0.5) is 0 Å². The van der Waals surface area contributed by atoms with E-state index in [0.29, 0.717) is 62.6 Å². The number of hydrogen-bond acceptors (Lipinski definition) is 7. The van der Waals surface area contributed by atoms with E-state index in [2.05, 4.69) is 11.6 Å². The first-order valence-electron chi connectivity index (χ1n) is 9.44. The Balaban J connectivity index is 2.60. The Morgan fingerprint density at radius 3 is 2.71 bits per heavy atom. The van der Waals surface area contributed by atoms with Gasteiger partial charge in [-0.25, -0.2) is 17.8 Å². The lowest BCUT2D eigenvalue weighted by atomic mass is 10.1. The predicted molar refractivity (Wildman–Crippen MR) is 108 cm³/mol. The van der Waals surface area contributed by atoms with Crippen molar-refractivity contribution in [3.05, 3.63) is 24.6 Å². The SMILES string of the molecule is C=C(CCCC(CS(=O)(=O)N1CCC(OCC)CC1)N(O)C=O)/N=C\C=C/N. The molecule has 1 atom stereocenters. The number of nitrogens with two attached hydrogens (primary N) is 1. The van der Waals surface area contributed by atoms with Gasteiger partial charge in [-0.3, -0.25) is 15.0 Å². The molecule has 0 bridgehead atoms. The minimum atomic E-state index is -3.60. The molecule has 1 heterocycles. The molecule has 10 heteroatoms. The quantitative estimate of drug-likeness (QED) is 0.201. The summed E-state index contributed by atoms with van der Waals surface area (Å²) in [6.45, 7) is 7.09. The van der Waals surface area contributed by atoms with Crippen molar-refractivity contribution in [3.63, 3.8) is 0 Å². The van der Waals surface area contributed by atoms with Crippen LogP contribution in [0.2, 0.25) is 0 Å². The van der Waals surface area contributed by atoms with Crippen LogP contribution in [0.15, 0.2) is 29.5 Å². The Morgan fingerprint density at radius 2 is 2.14 bits per heavy atom. The average molecular weight is 417 g/mol. The van der Waals surface area contributed by atoms with Gasteiger partial charge in [-0.2, -0.15) is 0 Å². The van der Waals surface area contributed by atoms with Gasteiger partial charge in [0, 0.05) is 31.6 Å². The summed E-state index contributed by atoms with van der Waals surface area (Å²) in [5.74, 6) is -0.326. The normalized spacial score (nSPS) is 17.9. The maximum absolute atomic E-state index is 12.7. The molecule has 1 fully saturated rings. The molecule has 28 heavy (non-hydrogen) atoms. The molecule has 1 aliphatic heterocycles. The molecule has 160 valence electrons. The number of ether oxygens (including phenoxy) is 1. The van der Waals surface area contributed by atoms with E-state index in [1.54, 1.807) is 6.08 Å². The van der Waals surface area contributed by atoms with Crippen molar-refractivity contribution in [1.29, 1.82) is 0 Å². The van der Waals surface area contributed by atoms with Crippen molar-refractivity contribution < 1.29 is 23.2 Å². The Hall–Kier alpha value is -1.75. The van der Waals surface area contributed by atoms with Crippen molar-refractivity contribution in [2.24, 2.45) is 10.7 Å². The number of sulfonamides is 1. The minimum absolute atomic E-state index is 0.0808. The van der Waals surface area contributed by atoms with Crippen LogP contribution in [-0.4, -0.2) is 73.2 Å². The van der Waals surface area contributed by atoms with Crippen molar-refractivity contribution in [3.8, 4) is 0 Å². The summed E-state index contributed by atoms with van der Waals surface area (Å²) in [6.07, 6.45) is 7.38. The van der Waals surface area contributed by atoms with E-state index in [-0.39, 0.29) is 18.3 Å². The number of rotatable bonds is 13. The average Bonchev–Trinajstić information content (AvgIpc) is 2.67. The standard InChI is InChI=1S/C18H32N4O5S/c1-3-27-18-8-12-21(13-9-18)28(25,26)14-17(22(24)15-23)7-4-6-16(2)20-11-5-10-19/h5,10-11,15,17-18,24H,2-4,6-9,12-14,19H2,1H3/b10-5-,20-11-. The predicted octanol–water partition coefficient (Wildman–Crippen LogP) is 1.26. The fraction of sp³-hybridized carbons (Fsp3) is 0.667. The molecule has 0 aromatic rings. The molecule has 0 radical (unpaired) electrons. The number of hydroxylamine groups is 2. The third-order valence-corrected chi connectivity index (χ3v) is 6.50. The van der Waals surface area contributed by atoms with Crippen molar-refractivity contribution >= 4 is 22.6 Å². The molecule has 1 unspecified atom stereocenters. The molecule has 1 rings (SSSR count). The molecule has 9 nitrogen and oxygen atoms in total. The second-order valence-electron chi connectivity index (χ2n) is 6.59. The Labute approximate surface area is 167 Å². The second kappa shape index (κ2) is 12.7. The largest absolute Gasteiger partial charge is 0.405 e. The van der Waals surface area contributed by atoms with E-state index in [9.17, 15) is 18.4 Å². The molecule has 0 aliphatic carbocycles. The molecule has 1 saturated heterocycles. The van der Waals surface area contributed by atoms with Crippen LogP contribution in [0, 0.1) is 0 Å². The number of allylic oxidation sites excluding steroid dienone is 2. The number of piperidine rings is 1. The molecule has 1 amide bonds. The highest BCUT2D eigenvalue weighted by atomic mass is 32.2. The van der Waals surface area contributed by atoms with Gasteiger partial charge in [0.2, 0.25) is 16.4 Å². The summed E-state index contributed by atoms with van der Waals surface area (Å²) in [7, 11) is -3.60. The number of aliphatic imine (C=N–C) groups is 1. The van der Waals surface area contributed by atoms with Crippen molar-refractivity contribution in [2.75, 3.05) is 25.4 Å². The summed E-state index contributed by atoms with van der Waals surface area (Å²) in [5.41, 5.74) is 5.82. The topological polar surface area (TPSA) is 126 Å². The number of carbonyl (C=O) groups is 1. The number of hydrogen-bond donors (Lipinski definition) is 2. The van der Waals surface area contributed by atoms with Gasteiger partial charge in [-0.1, -0.05) is 6.58 Å². The van der Waals surface area contributed by atoms with Crippen LogP contribution < -0.4 is 5.73 Å². The zero-order chi connectivity index (χ0) is 21.0. The molecule has 0 aromatic heterocycles. The van der Waals surface area contributed by atoms with E-state index < -0.39 is 16.1 Å². The first kappa shape index (κ1) is 24.3. The lowest BCUT2D eigenvalue weighted by molar-refractivity contribution is -0.158. The van der Waals surface area contributed by atoms with Gasteiger partial charge < -0.3 is 10.5 Å². The van der Waals surface area contributed by atoms with E-state index >= 15 is 0 Å². The van der Waals surface area contributed by atoms with Crippen molar-refractivity contribution in [1.82, 2.24) is 9.37 Å². The zero-order valence-corrected chi connectivity index (χ0v) is 17.3. The third-order valence-electron chi connectivity index (χ3n) is 4.54. The van der Waals surface area contributed by atoms with Gasteiger partial charge in [0.15, 0.2) is 0 Å². The fourth-order valence-corrected chi connectivity index (χ4v) is 4.83. The van der Waals surface area contributed by atoms with Gasteiger partial charge in [-0.15, -0.1) is 0 Å². The van der Waals surface area contributed by atoms with E-state index in [1.807, 2.05) is 6.92 Å². The van der Waals surface area contributed by atoms with E-state index in [1.165, 1.54) is 16.7 Å². The summed E-state index contributed by atoms with van der Waals surface area (Å²) < 4.78 is 32.4. The zero-order valence-electron chi connectivity index (χ0n) is 16.4. The van der Waals surface area contributed by atoms with Gasteiger partial charge in [-0.05, 0) is 51.3 Å². The maximum Gasteiger partial charge on any atom is 0.233 e. The second-order valence-corrected chi connectivity index (χ2v) is 8.61. The fourth-order valence-electron chi connectivity index (χ4n) is 3.04. The minimum Gasteiger partial charge on any atom is -0.405 e. The molecule has 1 aliphatic rings. The monoisotopic (exact) mass is 416 g/mol. The van der Waals surface area contributed by atoms with Crippen LogP contribution in [0.25, 0.3) is 0 Å². The first-order chi connectivity index (χ1) is 13.3. The maximum atomic E-state index is 12.7. The number of carbonyl (C=O) groups excluding carboxylic acids is 1. The summed E-state index contributed by atoms with van der Waals surface area (Å²) in [5, 5.41) is 10.3. The smallest absolute Gasteiger partial charge is 0.233 e. The lowest BCUT2D eigenvalue weighted by Gasteiger charge is -2.32. The molecular formula is C18H32N4O5S. The van der Waals surface area contributed by atoms with Gasteiger partial charge in [0.05, 0.1) is 17.9 Å². The van der Waals surface area contributed by atoms with E-state index in [0.717, 1.165) is 0 Å². The summed E-state index contributed by atoms with van der Waals surface area (Å²) in [4.78, 5) is 15.1. The third kappa shape index (κ3) is 8.51. The van der Waals surface area contributed by atoms with Gasteiger partial charge in [0.1, 0.15) is 0 Å². The number of nitrogens with zero attached hydrogens (tertiary/aromatic N) is 3. The van der Waals surface area contributed by atoms with Crippen LogP contribution in [0.5, 0.6) is 0 Å². The van der Waals surface area contributed by atoms with Gasteiger partial charge >= 0.3 is 0 Å². The highest BCUT2D eigenvalue weighted by molar-refractivity contribution is 7.89. The highest BCUT2D eigenvalue weighted by Crippen LogP contribution is 2.20. The van der Waals surface area contributed by atoms with Crippen LogP contribution in [0.3, 0.4) is 0 Å². The summed E-state index contributed by atoms with van der Waals surface area (Å²) in [6, 6.07) is -0.826. The first-order valence-corrected chi connectivity index (χ1v) is 11.1. The van der Waals surface area contributed by atoms with Crippen LogP contribution in [0.1, 0.15) is 39.0 Å². The van der Waals surface area contributed by atoms with Crippen molar-refractivity contribution in [2.45, 2.75) is 51.2 Å². The summed E-state index contributed by atoms with van der Waals surface area (Å²) >= 11 is 0. The Bertz CT molecular complexity index is 642.